The molecule has 4 rings (SSSR count). The normalized spacial score (nSPS) is 19.8. The molecule has 0 fully saturated rings. The van der Waals surface area contributed by atoms with E-state index < -0.39 is 0 Å². The van der Waals surface area contributed by atoms with Crippen LogP contribution in [0.25, 0.3) is 6.08 Å². The van der Waals surface area contributed by atoms with Crippen molar-refractivity contribution in [2.45, 2.75) is 31.9 Å². The molecule has 0 spiro atoms. The van der Waals surface area contributed by atoms with Gasteiger partial charge in [-0.15, -0.1) is 0 Å². The lowest BCUT2D eigenvalue weighted by molar-refractivity contribution is -0.130. The number of hydrogen-bond donors (Lipinski definition) is 1. The van der Waals surface area contributed by atoms with E-state index in [2.05, 4.69) is 5.32 Å². The third-order valence-electron chi connectivity index (χ3n) is 5.09. The molecule has 0 aliphatic carbocycles. The Morgan fingerprint density at radius 2 is 1.93 bits per heavy atom. The lowest BCUT2D eigenvalue weighted by Gasteiger charge is -2.32. The second-order valence-electron chi connectivity index (χ2n) is 6.95. The Morgan fingerprint density at radius 3 is 2.74 bits per heavy atom. The van der Waals surface area contributed by atoms with Gasteiger partial charge in [-0.25, -0.2) is 0 Å². The summed E-state index contributed by atoms with van der Waals surface area (Å²) in [5.41, 5.74) is 3.21. The summed E-state index contributed by atoms with van der Waals surface area (Å²) in [6.45, 7) is 1.98. The van der Waals surface area contributed by atoms with Crippen molar-refractivity contribution in [3.05, 3.63) is 71.4 Å². The number of carbonyl (C=O) groups excluding carboxylic acids is 2. The molecule has 2 aliphatic heterocycles. The number of fused-ring (bicyclic) bond motifs is 2. The predicted molar refractivity (Wildman–Crippen MR) is 103 cm³/mol. The van der Waals surface area contributed by atoms with Crippen LogP contribution in [0.3, 0.4) is 0 Å². The molecule has 138 valence electrons. The molecule has 2 amide bonds. The van der Waals surface area contributed by atoms with Crippen molar-refractivity contribution in [1.29, 1.82) is 0 Å². The Balaban J connectivity index is 1.40. The first-order valence-corrected chi connectivity index (χ1v) is 9.19. The molecule has 0 unspecified atom stereocenters. The quantitative estimate of drug-likeness (QED) is 0.909. The molecule has 5 nitrogen and oxygen atoms in total. The van der Waals surface area contributed by atoms with Crippen LogP contribution in [0.1, 0.15) is 36.1 Å². The van der Waals surface area contributed by atoms with Gasteiger partial charge in [-0.1, -0.05) is 42.5 Å². The van der Waals surface area contributed by atoms with Crippen molar-refractivity contribution in [2.24, 2.45) is 0 Å². The van der Waals surface area contributed by atoms with Crippen molar-refractivity contribution in [1.82, 2.24) is 10.2 Å². The first kappa shape index (κ1) is 17.3. The molecule has 0 radical (unpaired) electrons. The van der Waals surface area contributed by atoms with Gasteiger partial charge in [0.15, 0.2) is 0 Å². The predicted octanol–water partition coefficient (Wildman–Crippen LogP) is 3.07. The number of ether oxygens (including phenoxy) is 1. The fourth-order valence-electron chi connectivity index (χ4n) is 3.76. The van der Waals surface area contributed by atoms with Crippen LogP contribution in [-0.2, 0) is 16.0 Å². The topological polar surface area (TPSA) is 58.6 Å². The Kier molecular flexibility index (Phi) is 4.67. The zero-order valence-electron chi connectivity index (χ0n) is 15.2. The highest BCUT2D eigenvalue weighted by Crippen LogP contribution is 2.33. The van der Waals surface area contributed by atoms with Crippen LogP contribution in [0.4, 0.5) is 0 Å². The van der Waals surface area contributed by atoms with Crippen LogP contribution >= 0.6 is 0 Å². The molecule has 0 aromatic heterocycles. The van der Waals surface area contributed by atoms with Gasteiger partial charge >= 0.3 is 0 Å². The Bertz CT molecular complexity index is 881. The molecule has 2 aromatic rings. The summed E-state index contributed by atoms with van der Waals surface area (Å²) in [6.07, 6.45) is 4.65. The number of benzene rings is 2. The molecule has 0 saturated carbocycles. The minimum atomic E-state index is -0.287. The monoisotopic (exact) mass is 362 g/mol. The SMILES string of the molecule is CC(=O)N1C=Cc2ccccc2[C@H]1CC(=O)NC[C@@H]1Cc2ccccc2O1. The van der Waals surface area contributed by atoms with Crippen molar-refractivity contribution in [3.8, 4) is 5.75 Å². The molecule has 0 saturated heterocycles. The van der Waals surface area contributed by atoms with Crippen LogP contribution in [0.5, 0.6) is 5.75 Å². The maximum atomic E-state index is 12.6. The molecule has 1 N–H and O–H groups in total. The van der Waals surface area contributed by atoms with Crippen molar-refractivity contribution in [3.63, 3.8) is 0 Å². The molecule has 27 heavy (non-hydrogen) atoms. The molecule has 5 heteroatoms. The fourth-order valence-corrected chi connectivity index (χ4v) is 3.76. The molecule has 2 atom stereocenters. The van der Waals surface area contributed by atoms with Gasteiger partial charge in [0.25, 0.3) is 0 Å². The highest BCUT2D eigenvalue weighted by Gasteiger charge is 2.29. The maximum absolute atomic E-state index is 12.6. The number of rotatable bonds is 4. The number of nitrogens with one attached hydrogen (secondary N) is 1. The minimum Gasteiger partial charge on any atom is -0.488 e. The van der Waals surface area contributed by atoms with E-state index in [0.717, 1.165) is 23.3 Å². The van der Waals surface area contributed by atoms with E-state index in [4.69, 9.17) is 4.74 Å². The van der Waals surface area contributed by atoms with E-state index in [1.165, 1.54) is 12.5 Å². The highest BCUT2D eigenvalue weighted by molar-refractivity contribution is 5.81. The number of para-hydroxylation sites is 1. The number of nitrogens with zero attached hydrogens (tertiary/aromatic N) is 1. The summed E-state index contributed by atoms with van der Waals surface area (Å²) in [5, 5.41) is 2.97. The Labute approximate surface area is 158 Å². The van der Waals surface area contributed by atoms with E-state index in [1.807, 2.05) is 54.6 Å². The zero-order valence-corrected chi connectivity index (χ0v) is 15.2. The smallest absolute Gasteiger partial charge is 0.223 e. The summed E-state index contributed by atoms with van der Waals surface area (Å²) >= 11 is 0. The van der Waals surface area contributed by atoms with Crippen molar-refractivity contribution < 1.29 is 14.3 Å². The van der Waals surface area contributed by atoms with E-state index in [1.54, 1.807) is 11.1 Å². The highest BCUT2D eigenvalue weighted by atomic mass is 16.5. The van der Waals surface area contributed by atoms with Crippen LogP contribution in [0, 0.1) is 0 Å². The Hall–Kier alpha value is -3.08. The van der Waals surface area contributed by atoms with Gasteiger partial charge in [0.05, 0.1) is 19.0 Å². The van der Waals surface area contributed by atoms with Crippen LogP contribution in [0.15, 0.2) is 54.7 Å². The largest absolute Gasteiger partial charge is 0.488 e. The molecular weight excluding hydrogens is 340 g/mol. The lowest BCUT2D eigenvalue weighted by Crippen LogP contribution is -2.38. The average molecular weight is 362 g/mol. The first-order valence-electron chi connectivity index (χ1n) is 9.19. The van der Waals surface area contributed by atoms with E-state index in [9.17, 15) is 9.59 Å². The minimum absolute atomic E-state index is 0.0474. The zero-order chi connectivity index (χ0) is 18.8. The van der Waals surface area contributed by atoms with Gasteiger partial charge in [0, 0.05) is 19.5 Å². The van der Waals surface area contributed by atoms with Crippen molar-refractivity contribution >= 4 is 17.9 Å². The van der Waals surface area contributed by atoms with Crippen LogP contribution in [-0.4, -0.2) is 29.4 Å². The summed E-state index contributed by atoms with van der Waals surface area (Å²) in [5.74, 6) is 0.731. The van der Waals surface area contributed by atoms with Gasteiger partial charge in [-0.05, 0) is 28.8 Å². The lowest BCUT2D eigenvalue weighted by atomic mass is 9.93. The second-order valence-corrected chi connectivity index (χ2v) is 6.95. The molecule has 2 aliphatic rings. The average Bonchev–Trinajstić information content (AvgIpc) is 3.09. The molecule has 2 aromatic carbocycles. The van der Waals surface area contributed by atoms with Gasteiger partial charge in [0.1, 0.15) is 11.9 Å². The second kappa shape index (κ2) is 7.27. The number of amides is 2. The van der Waals surface area contributed by atoms with Crippen LogP contribution in [0.2, 0.25) is 0 Å². The molecule has 0 bridgehead atoms. The van der Waals surface area contributed by atoms with E-state index in [0.29, 0.717) is 6.54 Å². The van der Waals surface area contributed by atoms with Crippen LogP contribution < -0.4 is 10.1 Å². The third-order valence-corrected chi connectivity index (χ3v) is 5.09. The van der Waals surface area contributed by atoms with E-state index >= 15 is 0 Å². The summed E-state index contributed by atoms with van der Waals surface area (Å²) in [6, 6.07) is 15.5. The van der Waals surface area contributed by atoms with Gasteiger partial charge < -0.3 is 15.0 Å². The van der Waals surface area contributed by atoms with Gasteiger partial charge in [-0.3, -0.25) is 9.59 Å². The first-order chi connectivity index (χ1) is 13.1. The Morgan fingerprint density at radius 1 is 1.15 bits per heavy atom. The summed E-state index contributed by atoms with van der Waals surface area (Å²) in [4.78, 5) is 26.2. The number of carbonyl (C=O) groups is 2. The fraction of sp³-hybridized carbons (Fsp3) is 0.273. The van der Waals surface area contributed by atoms with E-state index in [-0.39, 0.29) is 30.4 Å². The summed E-state index contributed by atoms with van der Waals surface area (Å²) in [7, 11) is 0. The molecular formula is C22H22N2O3. The van der Waals surface area contributed by atoms with Crippen molar-refractivity contribution in [2.75, 3.05) is 6.54 Å². The standard InChI is InChI=1S/C22H22N2O3/c1-15(25)24-11-10-16-6-2-4-8-19(16)20(24)13-22(26)23-14-18-12-17-7-3-5-9-21(17)27-18/h2-11,18,20H,12-14H2,1H3,(H,23,26)/t18-,20+/m0/s1. The van der Waals surface area contributed by atoms with Gasteiger partial charge in [-0.2, -0.15) is 0 Å². The van der Waals surface area contributed by atoms with Gasteiger partial charge in [0.2, 0.25) is 11.8 Å². The number of hydrogen-bond acceptors (Lipinski definition) is 3. The third kappa shape index (κ3) is 3.58. The maximum Gasteiger partial charge on any atom is 0.223 e. The summed E-state index contributed by atoms with van der Waals surface area (Å²) < 4.78 is 5.87. The molecule has 2 heterocycles.